The number of rotatable bonds is 7. The van der Waals surface area contributed by atoms with Gasteiger partial charge in [-0.1, -0.05) is 25.5 Å². The highest BCUT2D eigenvalue weighted by Gasteiger charge is 2.10. The summed E-state index contributed by atoms with van der Waals surface area (Å²) in [5.41, 5.74) is 1.95. The Hall–Kier alpha value is -2.96. The van der Waals surface area contributed by atoms with Gasteiger partial charge in [0.1, 0.15) is 11.5 Å². The number of hydrogen-bond donors (Lipinski definition) is 2. The van der Waals surface area contributed by atoms with E-state index in [0.29, 0.717) is 19.5 Å². The van der Waals surface area contributed by atoms with Crippen molar-refractivity contribution in [1.82, 2.24) is 25.1 Å². The summed E-state index contributed by atoms with van der Waals surface area (Å²) in [4.78, 5) is 31.7. The molecule has 0 saturated heterocycles. The number of nitrogens with one attached hydrogen (secondary N) is 2. The van der Waals surface area contributed by atoms with Gasteiger partial charge in [-0.3, -0.25) is 9.59 Å². The Morgan fingerprint density at radius 3 is 2.88 bits per heavy atom. The van der Waals surface area contributed by atoms with E-state index in [2.05, 4.69) is 20.4 Å². The Balaban J connectivity index is 1.59. The van der Waals surface area contributed by atoms with E-state index in [1.54, 1.807) is 0 Å². The van der Waals surface area contributed by atoms with E-state index in [0.717, 1.165) is 29.7 Å². The molecular formula is C18H21N5O2. The van der Waals surface area contributed by atoms with Gasteiger partial charge in [0, 0.05) is 25.6 Å². The quantitative estimate of drug-likeness (QED) is 0.687. The first kappa shape index (κ1) is 16.9. The Morgan fingerprint density at radius 1 is 1.24 bits per heavy atom. The maximum atomic E-state index is 12.2. The monoisotopic (exact) mass is 339 g/mol. The van der Waals surface area contributed by atoms with E-state index >= 15 is 0 Å². The number of hydrogen-bond acceptors (Lipinski definition) is 4. The van der Waals surface area contributed by atoms with Gasteiger partial charge in [0.05, 0.1) is 11.0 Å². The molecule has 3 rings (SSSR count). The van der Waals surface area contributed by atoms with E-state index in [1.165, 1.54) is 16.8 Å². The van der Waals surface area contributed by atoms with Gasteiger partial charge in [-0.25, -0.2) is 9.67 Å². The van der Waals surface area contributed by atoms with Crippen LogP contribution in [0.5, 0.6) is 0 Å². The molecule has 130 valence electrons. The van der Waals surface area contributed by atoms with Crippen LogP contribution in [0, 0.1) is 0 Å². The van der Waals surface area contributed by atoms with Crippen LogP contribution in [-0.4, -0.2) is 32.2 Å². The summed E-state index contributed by atoms with van der Waals surface area (Å²) in [6.07, 6.45) is 2.40. The average Bonchev–Trinajstić information content (AvgIpc) is 3.03. The number of amides is 1. The standard InChI is InChI=1S/C18H21N5O2/c1-2-3-12-23-17(24)9-8-15(22-23)18(25)19-11-10-16-20-13-6-4-5-7-14(13)21-16/h4-9H,2-3,10-12H2,1H3,(H,19,25)(H,20,21). The number of H-pyrrole nitrogens is 1. The molecule has 1 aromatic carbocycles. The first-order chi connectivity index (χ1) is 12.2. The predicted molar refractivity (Wildman–Crippen MR) is 95.5 cm³/mol. The topological polar surface area (TPSA) is 92.7 Å². The smallest absolute Gasteiger partial charge is 0.271 e. The van der Waals surface area contributed by atoms with Crippen LogP contribution in [0.1, 0.15) is 36.1 Å². The van der Waals surface area contributed by atoms with E-state index in [1.807, 2.05) is 31.2 Å². The molecule has 2 aromatic heterocycles. The van der Waals surface area contributed by atoms with Crippen LogP contribution < -0.4 is 10.9 Å². The lowest BCUT2D eigenvalue weighted by Gasteiger charge is -2.07. The number of aryl methyl sites for hydroxylation is 1. The molecule has 7 heteroatoms. The Morgan fingerprint density at radius 2 is 2.08 bits per heavy atom. The minimum Gasteiger partial charge on any atom is -0.350 e. The number of carbonyl (C=O) groups is 1. The maximum absolute atomic E-state index is 12.2. The predicted octanol–water partition coefficient (Wildman–Crippen LogP) is 1.89. The maximum Gasteiger partial charge on any atom is 0.271 e. The van der Waals surface area contributed by atoms with Gasteiger partial charge in [0.2, 0.25) is 0 Å². The van der Waals surface area contributed by atoms with Crippen LogP contribution in [0.15, 0.2) is 41.2 Å². The molecule has 0 fully saturated rings. The molecule has 3 aromatic rings. The molecule has 0 unspecified atom stereocenters. The van der Waals surface area contributed by atoms with Gasteiger partial charge < -0.3 is 10.3 Å². The minimum absolute atomic E-state index is 0.188. The molecule has 0 aliphatic carbocycles. The van der Waals surface area contributed by atoms with Crippen LogP contribution >= 0.6 is 0 Å². The fourth-order valence-corrected chi connectivity index (χ4v) is 2.55. The number of aromatic amines is 1. The lowest BCUT2D eigenvalue weighted by molar-refractivity contribution is 0.0946. The van der Waals surface area contributed by atoms with Crippen LogP contribution in [0.3, 0.4) is 0 Å². The molecule has 0 atom stereocenters. The molecule has 7 nitrogen and oxygen atoms in total. The third-order valence-corrected chi connectivity index (χ3v) is 3.91. The van der Waals surface area contributed by atoms with Gasteiger partial charge in [0.25, 0.3) is 11.5 Å². The van der Waals surface area contributed by atoms with Crippen LogP contribution in [0.2, 0.25) is 0 Å². The zero-order valence-corrected chi connectivity index (χ0v) is 14.2. The number of unbranched alkanes of at least 4 members (excludes halogenated alkanes) is 1. The Kier molecular flexibility index (Phi) is 5.23. The summed E-state index contributed by atoms with van der Waals surface area (Å²) in [5.74, 6) is 0.531. The highest BCUT2D eigenvalue weighted by molar-refractivity contribution is 5.91. The van der Waals surface area contributed by atoms with Crippen LogP contribution in [-0.2, 0) is 13.0 Å². The van der Waals surface area contributed by atoms with Crippen molar-refractivity contribution < 1.29 is 4.79 Å². The number of para-hydroxylation sites is 2. The number of nitrogens with zero attached hydrogens (tertiary/aromatic N) is 3. The lowest BCUT2D eigenvalue weighted by atomic mass is 10.3. The molecule has 0 aliphatic rings. The fourth-order valence-electron chi connectivity index (χ4n) is 2.55. The van der Waals surface area contributed by atoms with Crippen molar-refractivity contribution in [2.24, 2.45) is 0 Å². The molecule has 25 heavy (non-hydrogen) atoms. The average molecular weight is 339 g/mol. The fraction of sp³-hybridized carbons (Fsp3) is 0.333. The number of carbonyl (C=O) groups excluding carboxylic acids is 1. The minimum atomic E-state index is -0.290. The first-order valence-electron chi connectivity index (χ1n) is 8.47. The summed E-state index contributed by atoms with van der Waals surface area (Å²) in [6.45, 7) is 3.00. The van der Waals surface area contributed by atoms with Crippen molar-refractivity contribution >= 4 is 16.9 Å². The van der Waals surface area contributed by atoms with Crippen LogP contribution in [0.4, 0.5) is 0 Å². The van der Waals surface area contributed by atoms with Crippen molar-refractivity contribution in [2.45, 2.75) is 32.7 Å². The van der Waals surface area contributed by atoms with Crippen molar-refractivity contribution in [3.63, 3.8) is 0 Å². The molecular weight excluding hydrogens is 318 g/mol. The summed E-state index contributed by atoms with van der Waals surface area (Å²) in [7, 11) is 0. The van der Waals surface area contributed by atoms with Gasteiger partial charge >= 0.3 is 0 Å². The van der Waals surface area contributed by atoms with E-state index < -0.39 is 0 Å². The number of imidazole rings is 1. The summed E-state index contributed by atoms with van der Waals surface area (Å²) >= 11 is 0. The second kappa shape index (κ2) is 7.74. The van der Waals surface area contributed by atoms with Gasteiger partial charge in [-0.2, -0.15) is 5.10 Å². The molecule has 1 amide bonds. The third kappa shape index (κ3) is 4.12. The van der Waals surface area contributed by atoms with Gasteiger partial charge in [-0.05, 0) is 24.6 Å². The SMILES string of the molecule is CCCCn1nc(C(=O)NCCc2nc3ccccc3[nH]2)ccc1=O. The van der Waals surface area contributed by atoms with Crippen molar-refractivity contribution in [2.75, 3.05) is 6.54 Å². The highest BCUT2D eigenvalue weighted by Crippen LogP contribution is 2.10. The van der Waals surface area contributed by atoms with Crippen molar-refractivity contribution in [3.05, 3.63) is 58.3 Å². The third-order valence-electron chi connectivity index (χ3n) is 3.91. The molecule has 0 bridgehead atoms. The zero-order chi connectivity index (χ0) is 17.6. The van der Waals surface area contributed by atoms with E-state index in [-0.39, 0.29) is 17.2 Å². The number of aromatic nitrogens is 4. The Labute approximate surface area is 145 Å². The van der Waals surface area contributed by atoms with Gasteiger partial charge in [-0.15, -0.1) is 0 Å². The summed E-state index contributed by atoms with van der Waals surface area (Å²) in [6, 6.07) is 10.6. The largest absolute Gasteiger partial charge is 0.350 e. The van der Waals surface area contributed by atoms with Crippen molar-refractivity contribution in [1.29, 1.82) is 0 Å². The number of fused-ring (bicyclic) bond motifs is 1. The van der Waals surface area contributed by atoms with E-state index in [4.69, 9.17) is 0 Å². The van der Waals surface area contributed by atoms with Crippen molar-refractivity contribution in [3.8, 4) is 0 Å². The molecule has 2 heterocycles. The molecule has 0 aliphatic heterocycles. The highest BCUT2D eigenvalue weighted by atomic mass is 16.2. The van der Waals surface area contributed by atoms with Gasteiger partial charge in [0.15, 0.2) is 0 Å². The normalized spacial score (nSPS) is 10.9. The van der Waals surface area contributed by atoms with E-state index in [9.17, 15) is 9.59 Å². The molecule has 0 radical (unpaired) electrons. The molecule has 0 spiro atoms. The lowest BCUT2D eigenvalue weighted by Crippen LogP contribution is -2.30. The summed E-state index contributed by atoms with van der Waals surface area (Å²) < 4.78 is 1.34. The number of benzene rings is 1. The second-order valence-electron chi connectivity index (χ2n) is 5.84. The second-order valence-corrected chi connectivity index (χ2v) is 5.84. The zero-order valence-electron chi connectivity index (χ0n) is 14.2. The summed E-state index contributed by atoms with van der Waals surface area (Å²) in [5, 5.41) is 6.96. The van der Waals surface area contributed by atoms with Crippen LogP contribution in [0.25, 0.3) is 11.0 Å². The molecule has 2 N–H and O–H groups in total. The Bertz CT molecular complexity index is 895. The first-order valence-corrected chi connectivity index (χ1v) is 8.47. The molecule has 0 saturated carbocycles.